The average Bonchev–Trinajstić information content (AvgIpc) is 2.95. The van der Waals surface area contributed by atoms with Gasteiger partial charge < -0.3 is 5.32 Å². The molecule has 116 valence electrons. The van der Waals surface area contributed by atoms with Crippen molar-refractivity contribution in [2.24, 2.45) is 0 Å². The fraction of sp³-hybridized carbons (Fsp3) is 0.357. The van der Waals surface area contributed by atoms with E-state index in [0.29, 0.717) is 24.4 Å². The molecule has 2 aromatic rings. The lowest BCUT2D eigenvalue weighted by Gasteiger charge is -2.44. The predicted molar refractivity (Wildman–Crippen MR) is 89.9 cm³/mol. The van der Waals surface area contributed by atoms with Crippen molar-refractivity contribution in [2.45, 2.75) is 23.4 Å². The highest BCUT2D eigenvalue weighted by Gasteiger charge is 2.45. The summed E-state index contributed by atoms with van der Waals surface area (Å²) in [6.07, 6.45) is 2.42. The van der Waals surface area contributed by atoms with Crippen LogP contribution in [0.2, 0.25) is 0 Å². The van der Waals surface area contributed by atoms with Gasteiger partial charge in [-0.05, 0) is 46.9 Å². The predicted octanol–water partition coefficient (Wildman–Crippen LogP) is 1.27. The molecule has 4 rings (SSSR count). The van der Waals surface area contributed by atoms with Crippen LogP contribution in [0.4, 0.5) is 0 Å². The van der Waals surface area contributed by atoms with Crippen molar-refractivity contribution in [1.29, 1.82) is 0 Å². The zero-order valence-corrected chi connectivity index (χ0v) is 14.6. The van der Waals surface area contributed by atoms with Crippen molar-refractivity contribution in [3.8, 4) is 0 Å². The highest BCUT2D eigenvalue weighted by molar-refractivity contribution is 14.1. The van der Waals surface area contributed by atoms with Crippen LogP contribution in [0.15, 0.2) is 35.4 Å². The summed E-state index contributed by atoms with van der Waals surface area (Å²) in [5.74, 6) is 0. The Hall–Kier alpha value is -0.970. The number of aromatic amines is 1. The van der Waals surface area contributed by atoms with Crippen molar-refractivity contribution in [3.63, 3.8) is 0 Å². The molecule has 0 amide bonds. The third kappa shape index (κ3) is 2.20. The molecule has 2 bridgehead atoms. The number of nitrogens with one attached hydrogen (secondary N) is 2. The van der Waals surface area contributed by atoms with Gasteiger partial charge in [-0.15, -0.1) is 0 Å². The van der Waals surface area contributed by atoms with Crippen molar-refractivity contribution in [1.82, 2.24) is 19.8 Å². The standard InChI is InChI=1S/C14H15IN4O2S/c15-9-1-3-11(4-2-9)22(20,21)19-10-5-13-12(7-17-18-13)14(19)8-16-6-10/h1-4,7,10,14,16H,5-6,8H2,(H,17,18). The Balaban J connectivity index is 1.80. The molecule has 0 radical (unpaired) electrons. The summed E-state index contributed by atoms with van der Waals surface area (Å²) in [6, 6.07) is 6.76. The van der Waals surface area contributed by atoms with E-state index in [1.165, 1.54) is 0 Å². The molecule has 1 aromatic carbocycles. The first kappa shape index (κ1) is 14.6. The topological polar surface area (TPSA) is 78.1 Å². The van der Waals surface area contributed by atoms with E-state index in [1.807, 2.05) is 12.1 Å². The number of hydrogen-bond donors (Lipinski definition) is 2. The van der Waals surface area contributed by atoms with Crippen LogP contribution >= 0.6 is 22.6 Å². The van der Waals surface area contributed by atoms with Crippen LogP contribution in [0.25, 0.3) is 0 Å². The Morgan fingerprint density at radius 1 is 1.23 bits per heavy atom. The van der Waals surface area contributed by atoms with Crippen molar-refractivity contribution in [2.75, 3.05) is 13.1 Å². The zero-order valence-electron chi connectivity index (χ0n) is 11.7. The minimum atomic E-state index is -3.51. The van der Waals surface area contributed by atoms with Crippen LogP contribution in [0.3, 0.4) is 0 Å². The molecule has 1 saturated heterocycles. The van der Waals surface area contributed by atoms with Crippen LogP contribution in [0, 0.1) is 3.57 Å². The van der Waals surface area contributed by atoms with Gasteiger partial charge in [0, 0.05) is 40.4 Å². The molecule has 2 atom stereocenters. The lowest BCUT2D eigenvalue weighted by atomic mass is 9.93. The van der Waals surface area contributed by atoms with E-state index in [1.54, 1.807) is 22.6 Å². The van der Waals surface area contributed by atoms with Crippen molar-refractivity contribution in [3.05, 3.63) is 45.3 Å². The van der Waals surface area contributed by atoms with Gasteiger partial charge in [-0.1, -0.05) is 0 Å². The molecule has 2 N–H and O–H groups in total. The van der Waals surface area contributed by atoms with E-state index in [-0.39, 0.29) is 12.1 Å². The normalized spacial score (nSPS) is 25.0. The summed E-state index contributed by atoms with van der Waals surface area (Å²) < 4.78 is 28.9. The quantitative estimate of drug-likeness (QED) is 0.704. The molecule has 22 heavy (non-hydrogen) atoms. The van der Waals surface area contributed by atoms with Crippen molar-refractivity contribution >= 4 is 32.6 Å². The van der Waals surface area contributed by atoms with Gasteiger partial charge in [0.1, 0.15) is 0 Å². The molecule has 1 aromatic heterocycles. The Morgan fingerprint density at radius 2 is 2.00 bits per heavy atom. The highest BCUT2D eigenvalue weighted by Crippen LogP contribution is 2.38. The Kier molecular flexibility index (Phi) is 3.51. The SMILES string of the molecule is O=S(=O)(c1ccc(I)cc1)N1C2CNCC1c1cn[nH]c1C2. The summed E-state index contributed by atoms with van der Waals surface area (Å²) in [5.41, 5.74) is 2.04. The Labute approximate surface area is 142 Å². The second kappa shape index (κ2) is 5.29. The Morgan fingerprint density at radius 3 is 2.77 bits per heavy atom. The Bertz CT molecular complexity index is 803. The van der Waals surface area contributed by atoms with E-state index in [2.05, 4.69) is 38.1 Å². The van der Waals surface area contributed by atoms with Crippen LogP contribution < -0.4 is 5.32 Å². The first-order chi connectivity index (χ1) is 10.6. The molecule has 8 heteroatoms. The minimum absolute atomic E-state index is 0.0732. The average molecular weight is 430 g/mol. The fourth-order valence-corrected chi connectivity index (χ4v) is 5.48. The number of nitrogens with zero attached hydrogens (tertiary/aromatic N) is 2. The molecular weight excluding hydrogens is 415 g/mol. The number of sulfonamides is 1. The first-order valence-corrected chi connectivity index (χ1v) is 9.61. The number of benzene rings is 1. The first-order valence-electron chi connectivity index (χ1n) is 7.09. The molecule has 2 aliphatic rings. The molecular formula is C14H15IN4O2S. The number of fused-ring (bicyclic) bond motifs is 4. The largest absolute Gasteiger partial charge is 0.313 e. The van der Waals surface area contributed by atoms with E-state index in [0.717, 1.165) is 14.8 Å². The number of hydrogen-bond acceptors (Lipinski definition) is 4. The maximum atomic E-state index is 13.1. The molecule has 0 spiro atoms. The van der Waals surface area contributed by atoms with Crippen LogP contribution in [0.1, 0.15) is 17.3 Å². The third-order valence-corrected chi connectivity index (χ3v) is 7.02. The number of piperazine rings is 1. The molecule has 0 saturated carbocycles. The molecule has 6 nitrogen and oxygen atoms in total. The van der Waals surface area contributed by atoms with E-state index < -0.39 is 10.0 Å². The number of aromatic nitrogens is 2. The maximum absolute atomic E-state index is 13.1. The van der Waals surface area contributed by atoms with Gasteiger partial charge in [0.25, 0.3) is 0 Å². The van der Waals surface area contributed by atoms with Gasteiger partial charge >= 0.3 is 0 Å². The molecule has 1 fully saturated rings. The second-order valence-electron chi connectivity index (χ2n) is 5.62. The van der Waals surface area contributed by atoms with E-state index >= 15 is 0 Å². The van der Waals surface area contributed by atoms with Gasteiger partial charge in [0.05, 0.1) is 17.1 Å². The monoisotopic (exact) mass is 430 g/mol. The van der Waals surface area contributed by atoms with E-state index in [9.17, 15) is 8.42 Å². The van der Waals surface area contributed by atoms with Crippen LogP contribution in [-0.2, 0) is 16.4 Å². The summed E-state index contributed by atoms with van der Waals surface area (Å²) in [7, 11) is -3.51. The zero-order chi connectivity index (χ0) is 15.3. The maximum Gasteiger partial charge on any atom is 0.243 e. The third-order valence-electron chi connectivity index (χ3n) is 4.32. The van der Waals surface area contributed by atoms with Gasteiger partial charge in [0.2, 0.25) is 10.0 Å². The fourth-order valence-electron chi connectivity index (χ4n) is 3.33. The second-order valence-corrected chi connectivity index (χ2v) is 8.71. The van der Waals surface area contributed by atoms with Gasteiger partial charge in [-0.2, -0.15) is 9.40 Å². The lowest BCUT2D eigenvalue weighted by Crippen LogP contribution is -2.58. The van der Waals surface area contributed by atoms with Crippen LogP contribution in [-0.4, -0.2) is 42.1 Å². The van der Waals surface area contributed by atoms with Gasteiger partial charge in [-0.25, -0.2) is 8.42 Å². The number of H-pyrrole nitrogens is 1. The number of rotatable bonds is 2. The minimum Gasteiger partial charge on any atom is -0.313 e. The summed E-state index contributed by atoms with van der Waals surface area (Å²) in [5, 5.41) is 10.4. The smallest absolute Gasteiger partial charge is 0.243 e. The van der Waals surface area contributed by atoms with E-state index in [4.69, 9.17) is 0 Å². The molecule has 3 heterocycles. The van der Waals surface area contributed by atoms with Gasteiger partial charge in [-0.3, -0.25) is 5.10 Å². The summed E-state index contributed by atoms with van der Waals surface area (Å²) >= 11 is 2.17. The molecule has 2 unspecified atom stereocenters. The van der Waals surface area contributed by atoms with Gasteiger partial charge in [0.15, 0.2) is 0 Å². The number of halogens is 1. The lowest BCUT2D eigenvalue weighted by molar-refractivity contribution is 0.178. The summed E-state index contributed by atoms with van der Waals surface area (Å²) in [4.78, 5) is 0.358. The highest BCUT2D eigenvalue weighted by atomic mass is 127. The van der Waals surface area contributed by atoms with Crippen molar-refractivity contribution < 1.29 is 8.42 Å². The molecule has 2 aliphatic heterocycles. The van der Waals surface area contributed by atoms with Crippen LogP contribution in [0.5, 0.6) is 0 Å². The summed E-state index contributed by atoms with van der Waals surface area (Å²) in [6.45, 7) is 1.28. The molecule has 0 aliphatic carbocycles.